The van der Waals surface area contributed by atoms with Crippen molar-refractivity contribution < 1.29 is 24.2 Å². The van der Waals surface area contributed by atoms with Gasteiger partial charge in [-0.25, -0.2) is 4.79 Å². The third kappa shape index (κ3) is 3.46. The SMILES string of the molecule is COCC(=O)Nc1ccc(OC)cc1C(=O)O. The molecule has 0 spiro atoms. The number of hydrogen-bond acceptors (Lipinski definition) is 4. The number of ether oxygens (including phenoxy) is 2. The molecule has 1 rings (SSSR count). The lowest BCUT2D eigenvalue weighted by molar-refractivity contribution is -0.119. The molecule has 17 heavy (non-hydrogen) atoms. The maximum Gasteiger partial charge on any atom is 0.337 e. The molecular weight excluding hydrogens is 226 g/mol. The number of rotatable bonds is 5. The van der Waals surface area contributed by atoms with Crippen molar-refractivity contribution in [3.8, 4) is 5.75 Å². The first-order valence-corrected chi connectivity index (χ1v) is 4.78. The Kier molecular flexibility index (Phi) is 4.47. The van der Waals surface area contributed by atoms with Gasteiger partial charge in [0.25, 0.3) is 0 Å². The van der Waals surface area contributed by atoms with E-state index in [4.69, 9.17) is 9.84 Å². The van der Waals surface area contributed by atoms with E-state index in [0.717, 1.165) is 0 Å². The summed E-state index contributed by atoms with van der Waals surface area (Å²) in [5.74, 6) is -1.15. The van der Waals surface area contributed by atoms with Crippen molar-refractivity contribution in [1.29, 1.82) is 0 Å². The lowest BCUT2D eigenvalue weighted by Crippen LogP contribution is -2.19. The first-order chi connectivity index (χ1) is 8.08. The standard InChI is InChI=1S/C11H13NO5/c1-16-6-10(13)12-9-4-3-7(17-2)5-8(9)11(14)15/h3-5H,6H2,1-2H3,(H,12,13)(H,14,15). The number of carbonyl (C=O) groups excluding carboxylic acids is 1. The maximum absolute atomic E-state index is 11.3. The highest BCUT2D eigenvalue weighted by Crippen LogP contribution is 2.22. The summed E-state index contributed by atoms with van der Waals surface area (Å²) in [6, 6.07) is 4.37. The Balaban J connectivity index is 2.98. The zero-order chi connectivity index (χ0) is 12.8. The van der Waals surface area contributed by atoms with Crippen molar-refractivity contribution in [3.63, 3.8) is 0 Å². The molecule has 92 valence electrons. The molecular formula is C11H13NO5. The Morgan fingerprint density at radius 1 is 1.35 bits per heavy atom. The monoisotopic (exact) mass is 239 g/mol. The Bertz CT molecular complexity index is 430. The summed E-state index contributed by atoms with van der Waals surface area (Å²) in [6.07, 6.45) is 0. The van der Waals surface area contributed by atoms with Crippen LogP contribution in [0.15, 0.2) is 18.2 Å². The average molecular weight is 239 g/mol. The van der Waals surface area contributed by atoms with Crippen molar-refractivity contribution in [2.75, 3.05) is 26.1 Å². The predicted octanol–water partition coefficient (Wildman–Crippen LogP) is 0.978. The summed E-state index contributed by atoms with van der Waals surface area (Å²) in [4.78, 5) is 22.3. The molecule has 1 aromatic rings. The quantitative estimate of drug-likeness (QED) is 0.800. The number of anilines is 1. The molecule has 0 bridgehead atoms. The fraction of sp³-hybridized carbons (Fsp3) is 0.273. The van der Waals surface area contributed by atoms with Crippen LogP contribution in [0.25, 0.3) is 0 Å². The summed E-state index contributed by atoms with van der Waals surface area (Å²) >= 11 is 0. The van der Waals surface area contributed by atoms with Gasteiger partial charge in [0.1, 0.15) is 12.4 Å². The summed E-state index contributed by atoms with van der Waals surface area (Å²) in [7, 11) is 2.82. The molecule has 0 unspecified atom stereocenters. The smallest absolute Gasteiger partial charge is 0.337 e. The highest BCUT2D eigenvalue weighted by Gasteiger charge is 2.13. The van der Waals surface area contributed by atoms with Gasteiger partial charge in [-0.1, -0.05) is 0 Å². The van der Waals surface area contributed by atoms with Crippen molar-refractivity contribution in [3.05, 3.63) is 23.8 Å². The molecule has 0 aliphatic heterocycles. The van der Waals surface area contributed by atoms with E-state index < -0.39 is 11.9 Å². The van der Waals surface area contributed by atoms with Gasteiger partial charge in [-0.2, -0.15) is 0 Å². The van der Waals surface area contributed by atoms with Crippen LogP contribution in [0.1, 0.15) is 10.4 Å². The zero-order valence-corrected chi connectivity index (χ0v) is 9.52. The minimum Gasteiger partial charge on any atom is -0.497 e. The van der Waals surface area contributed by atoms with Crippen LogP contribution in [-0.4, -0.2) is 37.8 Å². The molecule has 0 atom stereocenters. The van der Waals surface area contributed by atoms with E-state index in [2.05, 4.69) is 10.1 Å². The van der Waals surface area contributed by atoms with Crippen LogP contribution in [-0.2, 0) is 9.53 Å². The van der Waals surface area contributed by atoms with E-state index in [1.54, 1.807) is 6.07 Å². The molecule has 6 heteroatoms. The fourth-order valence-electron chi connectivity index (χ4n) is 1.25. The molecule has 1 amide bonds. The highest BCUT2D eigenvalue weighted by molar-refractivity contribution is 6.01. The maximum atomic E-state index is 11.3. The molecule has 2 N–H and O–H groups in total. The van der Waals surface area contributed by atoms with Crippen LogP contribution in [0, 0.1) is 0 Å². The number of methoxy groups -OCH3 is 2. The summed E-state index contributed by atoms with van der Waals surface area (Å²) in [6.45, 7) is -0.134. The van der Waals surface area contributed by atoms with Crippen molar-refractivity contribution in [1.82, 2.24) is 0 Å². The number of aromatic carboxylic acids is 1. The van der Waals surface area contributed by atoms with Crippen LogP contribution in [0.5, 0.6) is 5.75 Å². The Morgan fingerprint density at radius 2 is 2.06 bits per heavy atom. The van der Waals surface area contributed by atoms with E-state index in [9.17, 15) is 9.59 Å². The lowest BCUT2D eigenvalue weighted by Gasteiger charge is -2.09. The zero-order valence-electron chi connectivity index (χ0n) is 9.52. The van der Waals surface area contributed by atoms with Crippen LogP contribution < -0.4 is 10.1 Å². The van der Waals surface area contributed by atoms with Crippen LogP contribution in [0.2, 0.25) is 0 Å². The number of carbonyl (C=O) groups is 2. The number of nitrogens with one attached hydrogen (secondary N) is 1. The van der Waals surface area contributed by atoms with Crippen LogP contribution in [0.3, 0.4) is 0 Å². The van der Waals surface area contributed by atoms with Crippen molar-refractivity contribution in [2.24, 2.45) is 0 Å². The van der Waals surface area contributed by atoms with Crippen LogP contribution >= 0.6 is 0 Å². The molecule has 0 saturated carbocycles. The largest absolute Gasteiger partial charge is 0.497 e. The third-order valence-corrected chi connectivity index (χ3v) is 2.01. The second-order valence-corrected chi connectivity index (χ2v) is 3.20. The molecule has 0 radical (unpaired) electrons. The molecule has 6 nitrogen and oxygen atoms in total. The molecule has 0 aliphatic rings. The highest BCUT2D eigenvalue weighted by atomic mass is 16.5. The topological polar surface area (TPSA) is 84.9 Å². The van der Waals surface area contributed by atoms with E-state index >= 15 is 0 Å². The normalized spacial score (nSPS) is 9.76. The Morgan fingerprint density at radius 3 is 2.59 bits per heavy atom. The molecule has 0 fully saturated rings. The van der Waals surface area contributed by atoms with Crippen LogP contribution in [0.4, 0.5) is 5.69 Å². The second-order valence-electron chi connectivity index (χ2n) is 3.20. The van der Waals surface area contributed by atoms with Gasteiger partial charge < -0.3 is 19.9 Å². The van der Waals surface area contributed by atoms with E-state index in [1.807, 2.05) is 0 Å². The summed E-state index contributed by atoms with van der Waals surface area (Å²) < 4.78 is 9.55. The predicted molar refractivity (Wildman–Crippen MR) is 60.5 cm³/mol. The van der Waals surface area contributed by atoms with Gasteiger partial charge in [0.05, 0.1) is 18.4 Å². The number of benzene rings is 1. The lowest BCUT2D eigenvalue weighted by atomic mass is 10.1. The minimum atomic E-state index is -1.14. The average Bonchev–Trinajstić information content (AvgIpc) is 2.29. The molecule has 1 aromatic carbocycles. The van der Waals surface area contributed by atoms with Gasteiger partial charge in [-0.3, -0.25) is 4.79 Å². The second kappa shape index (κ2) is 5.86. The van der Waals surface area contributed by atoms with Gasteiger partial charge in [0, 0.05) is 7.11 Å². The molecule has 0 heterocycles. The number of hydrogen-bond donors (Lipinski definition) is 2. The first kappa shape index (κ1) is 13.0. The number of carboxylic acids is 1. The minimum absolute atomic E-state index is 0.0335. The van der Waals surface area contributed by atoms with E-state index in [-0.39, 0.29) is 17.9 Å². The van der Waals surface area contributed by atoms with Crippen molar-refractivity contribution in [2.45, 2.75) is 0 Å². The van der Waals surface area contributed by atoms with Gasteiger partial charge in [-0.05, 0) is 18.2 Å². The molecule has 0 aromatic heterocycles. The number of carboxylic acid groups (broad SMARTS) is 1. The van der Waals surface area contributed by atoms with Gasteiger partial charge in [-0.15, -0.1) is 0 Å². The molecule has 0 saturated heterocycles. The van der Waals surface area contributed by atoms with Crippen molar-refractivity contribution >= 4 is 17.6 Å². The van der Waals surface area contributed by atoms with E-state index in [1.165, 1.54) is 26.4 Å². The van der Waals surface area contributed by atoms with Gasteiger partial charge in [0.2, 0.25) is 5.91 Å². The summed E-state index contributed by atoms with van der Waals surface area (Å²) in [5.41, 5.74) is 0.175. The Hall–Kier alpha value is -2.08. The third-order valence-electron chi connectivity index (χ3n) is 2.01. The first-order valence-electron chi connectivity index (χ1n) is 4.78. The number of amides is 1. The summed E-state index contributed by atoms with van der Waals surface area (Å²) in [5, 5.41) is 11.4. The fourth-order valence-corrected chi connectivity index (χ4v) is 1.25. The van der Waals surface area contributed by atoms with Gasteiger partial charge in [0.15, 0.2) is 0 Å². The van der Waals surface area contributed by atoms with Gasteiger partial charge >= 0.3 is 5.97 Å². The Labute approximate surface area is 98.2 Å². The van der Waals surface area contributed by atoms with E-state index in [0.29, 0.717) is 5.75 Å². The molecule has 0 aliphatic carbocycles.